The van der Waals surface area contributed by atoms with Crippen LogP contribution in [0.2, 0.25) is 0 Å². The Morgan fingerprint density at radius 1 is 0.929 bits per heavy atom. The predicted octanol–water partition coefficient (Wildman–Crippen LogP) is 5.62. The highest BCUT2D eigenvalue weighted by Crippen LogP contribution is 2.31. The molecule has 0 spiro atoms. The monoisotopic (exact) mass is 380 g/mol. The Kier molecular flexibility index (Phi) is 7.94. The third-order valence-corrected chi connectivity index (χ3v) is 4.90. The molecule has 0 bridgehead atoms. The zero-order valence-corrected chi connectivity index (χ0v) is 17.8. The van der Waals surface area contributed by atoms with Crippen LogP contribution in [0.5, 0.6) is 0 Å². The van der Waals surface area contributed by atoms with Gasteiger partial charge in [-0.2, -0.15) is 0 Å². The highest BCUT2D eigenvalue weighted by atomic mass is 16.1. The maximum absolute atomic E-state index is 12.1. The van der Waals surface area contributed by atoms with Gasteiger partial charge in [0.05, 0.1) is 0 Å². The number of nitrogens with one attached hydrogen (secondary N) is 1. The van der Waals surface area contributed by atoms with Crippen molar-refractivity contribution in [1.82, 2.24) is 9.88 Å². The fraction of sp³-hybridized carbons (Fsp3) is 0.417. The number of ketones is 2. The van der Waals surface area contributed by atoms with E-state index in [0.29, 0.717) is 12.0 Å². The second-order valence-corrected chi connectivity index (χ2v) is 6.66. The smallest absolute Gasteiger partial charge is 0.162 e. The number of nitrogens with zero attached hydrogens (tertiary/aromatic N) is 1. The zero-order chi connectivity index (χ0) is 20.7. The average molecular weight is 381 g/mol. The van der Waals surface area contributed by atoms with Crippen LogP contribution in [0.15, 0.2) is 36.4 Å². The van der Waals surface area contributed by atoms with Crippen LogP contribution in [0.1, 0.15) is 68.2 Å². The number of hydrogen-bond acceptors (Lipinski definition) is 3. The van der Waals surface area contributed by atoms with Crippen molar-refractivity contribution in [2.75, 3.05) is 13.1 Å². The van der Waals surface area contributed by atoms with Crippen molar-refractivity contribution in [2.45, 2.75) is 54.0 Å². The number of fused-ring (bicyclic) bond motifs is 3. The molecule has 1 aromatic heterocycles. The number of Topliss-reactive ketones (excluding diaryl/α,β-unsaturated/α-hetero) is 2. The molecule has 0 fully saturated rings. The quantitative estimate of drug-likeness (QED) is 0.408. The molecule has 0 saturated heterocycles. The van der Waals surface area contributed by atoms with Crippen LogP contribution in [-0.2, 0) is 6.54 Å². The Labute approximate surface area is 167 Å². The van der Waals surface area contributed by atoms with Crippen LogP contribution in [-0.4, -0.2) is 29.2 Å². The second kappa shape index (κ2) is 10.2. The molecular weight excluding hydrogens is 348 g/mol. The van der Waals surface area contributed by atoms with Gasteiger partial charge in [0.1, 0.15) is 0 Å². The topological polar surface area (TPSA) is 51.1 Å². The van der Waals surface area contributed by atoms with Crippen molar-refractivity contribution in [3.05, 3.63) is 47.5 Å². The number of hydrogen-bond donors (Lipinski definition) is 1. The molecule has 0 aliphatic carbocycles. The minimum absolute atomic E-state index is 0.0562. The third kappa shape index (κ3) is 4.50. The van der Waals surface area contributed by atoms with Crippen molar-refractivity contribution in [3.8, 4) is 0 Å². The van der Waals surface area contributed by atoms with Gasteiger partial charge in [0.25, 0.3) is 0 Å². The lowest BCUT2D eigenvalue weighted by atomic mass is 10.0. The van der Waals surface area contributed by atoms with E-state index in [1.807, 2.05) is 57.2 Å². The molecule has 0 radical (unpaired) electrons. The number of rotatable bonds is 8. The van der Waals surface area contributed by atoms with Gasteiger partial charge < -0.3 is 9.88 Å². The summed E-state index contributed by atoms with van der Waals surface area (Å²) in [6, 6.07) is 11.8. The molecule has 4 heteroatoms. The summed E-state index contributed by atoms with van der Waals surface area (Å²) < 4.78 is 2.30. The Bertz CT molecular complexity index is 970. The molecule has 2 aromatic carbocycles. The van der Waals surface area contributed by atoms with Gasteiger partial charge in [-0.1, -0.05) is 27.7 Å². The molecule has 150 valence electrons. The van der Waals surface area contributed by atoms with Crippen molar-refractivity contribution < 1.29 is 9.59 Å². The molecule has 3 rings (SSSR count). The standard InChI is InChI=1S/C22H26N2O2.C2H6/c1-4-22(26)17-8-10-21-19(14-17)18-13-16(15(3)25)7-9-20(18)24(21)12-6-11-23-5-2;1-2/h7-10,13-14,23H,4-6,11-12H2,1-3H3;1-2H3. The molecule has 0 unspecified atom stereocenters. The van der Waals surface area contributed by atoms with Gasteiger partial charge in [-0.15, -0.1) is 0 Å². The van der Waals surface area contributed by atoms with Crippen LogP contribution in [0.25, 0.3) is 21.8 Å². The largest absolute Gasteiger partial charge is 0.340 e. The Hall–Kier alpha value is -2.46. The highest BCUT2D eigenvalue weighted by molar-refractivity contribution is 6.12. The predicted molar refractivity (Wildman–Crippen MR) is 119 cm³/mol. The highest BCUT2D eigenvalue weighted by Gasteiger charge is 2.14. The lowest BCUT2D eigenvalue weighted by Gasteiger charge is -2.08. The maximum atomic E-state index is 12.1. The van der Waals surface area contributed by atoms with E-state index in [0.717, 1.165) is 53.4 Å². The number of carbonyl (C=O) groups is 2. The first-order valence-electron chi connectivity index (χ1n) is 10.4. The van der Waals surface area contributed by atoms with Gasteiger partial charge in [-0.25, -0.2) is 0 Å². The van der Waals surface area contributed by atoms with E-state index in [2.05, 4.69) is 16.8 Å². The number of carbonyl (C=O) groups excluding carboxylic acids is 2. The summed E-state index contributed by atoms with van der Waals surface area (Å²) in [5.41, 5.74) is 3.67. The molecule has 1 N–H and O–H groups in total. The van der Waals surface area contributed by atoms with Gasteiger partial charge in [-0.3, -0.25) is 9.59 Å². The summed E-state index contributed by atoms with van der Waals surface area (Å²) in [4.78, 5) is 24.0. The maximum Gasteiger partial charge on any atom is 0.162 e. The minimum Gasteiger partial charge on any atom is -0.340 e. The lowest BCUT2D eigenvalue weighted by Crippen LogP contribution is -2.15. The molecule has 1 heterocycles. The van der Waals surface area contributed by atoms with Crippen molar-refractivity contribution in [1.29, 1.82) is 0 Å². The summed E-state index contributed by atoms with van der Waals surface area (Å²) in [5.74, 6) is 0.198. The first-order chi connectivity index (χ1) is 13.6. The summed E-state index contributed by atoms with van der Waals surface area (Å²) in [7, 11) is 0. The van der Waals surface area contributed by atoms with Crippen LogP contribution in [0.4, 0.5) is 0 Å². The minimum atomic E-state index is 0.0562. The van der Waals surface area contributed by atoms with E-state index in [1.54, 1.807) is 6.92 Å². The molecular formula is C24H32N2O2. The lowest BCUT2D eigenvalue weighted by molar-refractivity contribution is 0.0986. The van der Waals surface area contributed by atoms with Gasteiger partial charge in [0.15, 0.2) is 11.6 Å². The van der Waals surface area contributed by atoms with Crippen LogP contribution in [0, 0.1) is 0 Å². The fourth-order valence-electron chi connectivity index (χ4n) is 3.48. The normalized spacial score (nSPS) is 10.8. The second-order valence-electron chi connectivity index (χ2n) is 6.66. The molecule has 28 heavy (non-hydrogen) atoms. The van der Waals surface area contributed by atoms with Gasteiger partial charge in [0.2, 0.25) is 0 Å². The molecule has 0 atom stereocenters. The van der Waals surface area contributed by atoms with E-state index >= 15 is 0 Å². The number of benzene rings is 2. The number of aryl methyl sites for hydroxylation is 1. The van der Waals surface area contributed by atoms with Gasteiger partial charge >= 0.3 is 0 Å². The SMILES string of the molecule is CC.CCNCCCn1c2ccc(C(C)=O)cc2c2cc(C(=O)CC)ccc21. The summed E-state index contributed by atoms with van der Waals surface area (Å²) in [6.45, 7) is 12.4. The average Bonchev–Trinajstić information content (AvgIpc) is 3.04. The fourth-order valence-corrected chi connectivity index (χ4v) is 3.48. The Morgan fingerprint density at radius 3 is 2.04 bits per heavy atom. The van der Waals surface area contributed by atoms with Crippen molar-refractivity contribution in [3.63, 3.8) is 0 Å². The third-order valence-electron chi connectivity index (χ3n) is 4.90. The van der Waals surface area contributed by atoms with E-state index in [1.165, 1.54) is 0 Å². The van der Waals surface area contributed by atoms with Crippen LogP contribution >= 0.6 is 0 Å². The van der Waals surface area contributed by atoms with E-state index < -0.39 is 0 Å². The molecule has 0 amide bonds. The molecule has 0 aliphatic heterocycles. The molecule has 0 saturated carbocycles. The van der Waals surface area contributed by atoms with E-state index in [-0.39, 0.29) is 11.6 Å². The Morgan fingerprint density at radius 2 is 1.50 bits per heavy atom. The van der Waals surface area contributed by atoms with E-state index in [9.17, 15) is 9.59 Å². The summed E-state index contributed by atoms with van der Waals surface area (Å²) >= 11 is 0. The number of aromatic nitrogens is 1. The first kappa shape index (κ1) is 21.8. The molecule has 3 aromatic rings. The molecule has 0 aliphatic rings. The zero-order valence-electron chi connectivity index (χ0n) is 17.8. The Balaban J connectivity index is 0.00000136. The van der Waals surface area contributed by atoms with E-state index in [4.69, 9.17) is 0 Å². The van der Waals surface area contributed by atoms with Crippen molar-refractivity contribution >= 4 is 33.4 Å². The summed E-state index contributed by atoms with van der Waals surface area (Å²) in [5, 5.41) is 5.45. The molecule has 4 nitrogen and oxygen atoms in total. The van der Waals surface area contributed by atoms with Gasteiger partial charge in [-0.05, 0) is 62.8 Å². The van der Waals surface area contributed by atoms with Gasteiger partial charge in [0, 0.05) is 45.9 Å². The van der Waals surface area contributed by atoms with Crippen LogP contribution in [0.3, 0.4) is 0 Å². The summed E-state index contributed by atoms with van der Waals surface area (Å²) in [6.07, 6.45) is 1.52. The van der Waals surface area contributed by atoms with Crippen LogP contribution < -0.4 is 5.32 Å². The first-order valence-corrected chi connectivity index (χ1v) is 10.4. The van der Waals surface area contributed by atoms with Crippen molar-refractivity contribution in [2.24, 2.45) is 0 Å².